The van der Waals surface area contributed by atoms with Crippen LogP contribution in [0.1, 0.15) is 44.6 Å². The lowest BCUT2D eigenvalue weighted by Gasteiger charge is -2.30. The summed E-state index contributed by atoms with van der Waals surface area (Å²) in [6.07, 6.45) is 5.87. The van der Waals surface area contributed by atoms with Gasteiger partial charge >= 0.3 is 0 Å². The molecule has 0 aromatic heterocycles. The third-order valence-corrected chi connectivity index (χ3v) is 4.05. The summed E-state index contributed by atoms with van der Waals surface area (Å²) in [5.74, 6) is 1.74. The van der Waals surface area contributed by atoms with Gasteiger partial charge in [0.05, 0.1) is 7.11 Å². The van der Waals surface area contributed by atoms with Gasteiger partial charge in [-0.2, -0.15) is 0 Å². The van der Waals surface area contributed by atoms with E-state index in [0.29, 0.717) is 0 Å². The highest BCUT2D eigenvalue weighted by atomic mass is 16.5. The molecule has 0 bridgehead atoms. The molecule has 1 aromatic carbocycles. The van der Waals surface area contributed by atoms with Gasteiger partial charge in [-0.3, -0.25) is 0 Å². The Labute approximate surface area is 104 Å². The maximum absolute atomic E-state index is 6.64. The summed E-state index contributed by atoms with van der Waals surface area (Å²) >= 11 is 0. The van der Waals surface area contributed by atoms with Gasteiger partial charge in [0.25, 0.3) is 0 Å². The second-order valence-corrected chi connectivity index (χ2v) is 5.39. The van der Waals surface area contributed by atoms with E-state index in [-0.39, 0.29) is 5.54 Å². The molecular weight excluding hydrogens is 210 g/mol. The minimum Gasteiger partial charge on any atom is -0.496 e. The highest BCUT2D eigenvalue weighted by Crippen LogP contribution is 2.39. The van der Waals surface area contributed by atoms with Crippen LogP contribution in [0, 0.1) is 5.92 Å². The molecule has 17 heavy (non-hydrogen) atoms. The normalized spacial score (nSPS) is 29.7. The van der Waals surface area contributed by atoms with E-state index >= 15 is 0 Å². The van der Waals surface area contributed by atoms with Crippen molar-refractivity contribution >= 4 is 0 Å². The Morgan fingerprint density at radius 2 is 2.00 bits per heavy atom. The molecule has 0 radical (unpaired) electrons. The predicted molar refractivity (Wildman–Crippen MR) is 71.1 cm³/mol. The van der Waals surface area contributed by atoms with Crippen LogP contribution in [0.3, 0.4) is 0 Å². The summed E-state index contributed by atoms with van der Waals surface area (Å²) < 4.78 is 5.45. The van der Waals surface area contributed by atoms with Crippen LogP contribution < -0.4 is 10.5 Å². The molecule has 1 aliphatic rings. The highest BCUT2D eigenvalue weighted by Gasteiger charge is 2.32. The van der Waals surface area contributed by atoms with Crippen LogP contribution in [-0.2, 0) is 5.54 Å². The van der Waals surface area contributed by atoms with Crippen LogP contribution >= 0.6 is 0 Å². The summed E-state index contributed by atoms with van der Waals surface area (Å²) in [4.78, 5) is 0. The van der Waals surface area contributed by atoms with Gasteiger partial charge in [-0.1, -0.05) is 38.0 Å². The molecule has 1 aliphatic carbocycles. The van der Waals surface area contributed by atoms with Gasteiger partial charge in [0.2, 0.25) is 0 Å². The quantitative estimate of drug-likeness (QED) is 0.794. The molecule has 94 valence electrons. The van der Waals surface area contributed by atoms with Crippen molar-refractivity contribution in [3.05, 3.63) is 29.8 Å². The largest absolute Gasteiger partial charge is 0.496 e. The van der Waals surface area contributed by atoms with Crippen LogP contribution in [0.5, 0.6) is 5.75 Å². The SMILES string of the molecule is COc1ccccc1C1(N)CCCC(C)CC1. The maximum Gasteiger partial charge on any atom is 0.123 e. The summed E-state index contributed by atoms with van der Waals surface area (Å²) in [6, 6.07) is 8.19. The fourth-order valence-electron chi connectivity index (χ4n) is 2.86. The van der Waals surface area contributed by atoms with Crippen LogP contribution in [0.2, 0.25) is 0 Å². The molecule has 1 fully saturated rings. The van der Waals surface area contributed by atoms with Gasteiger partial charge in [0.15, 0.2) is 0 Å². The van der Waals surface area contributed by atoms with Crippen molar-refractivity contribution in [1.29, 1.82) is 0 Å². The topological polar surface area (TPSA) is 35.2 Å². The fraction of sp³-hybridized carbons (Fsp3) is 0.600. The molecule has 0 aliphatic heterocycles. The summed E-state index contributed by atoms with van der Waals surface area (Å²) in [5, 5.41) is 0. The Morgan fingerprint density at radius 3 is 2.76 bits per heavy atom. The van der Waals surface area contributed by atoms with Crippen LogP contribution in [-0.4, -0.2) is 7.11 Å². The maximum atomic E-state index is 6.64. The molecule has 2 unspecified atom stereocenters. The highest BCUT2D eigenvalue weighted by molar-refractivity contribution is 5.39. The third-order valence-electron chi connectivity index (χ3n) is 4.05. The standard InChI is InChI=1S/C15H23NO/c1-12-6-5-10-15(16,11-9-12)13-7-3-4-8-14(13)17-2/h3-4,7-8,12H,5-6,9-11,16H2,1-2H3. The molecule has 2 nitrogen and oxygen atoms in total. The van der Waals surface area contributed by atoms with Crippen molar-refractivity contribution in [2.75, 3.05) is 7.11 Å². The second kappa shape index (κ2) is 5.09. The second-order valence-electron chi connectivity index (χ2n) is 5.39. The average molecular weight is 233 g/mol. The summed E-state index contributed by atoms with van der Waals surface area (Å²) in [6.45, 7) is 2.33. The predicted octanol–water partition coefficient (Wildman–Crippen LogP) is 3.45. The Hall–Kier alpha value is -1.02. The molecule has 0 amide bonds. The van der Waals surface area contributed by atoms with Gasteiger partial charge in [0, 0.05) is 11.1 Å². The summed E-state index contributed by atoms with van der Waals surface area (Å²) in [7, 11) is 1.72. The molecule has 0 saturated heterocycles. The zero-order valence-electron chi connectivity index (χ0n) is 10.9. The Bertz CT molecular complexity index is 377. The van der Waals surface area contributed by atoms with E-state index in [9.17, 15) is 0 Å². The number of para-hydroxylation sites is 1. The average Bonchev–Trinajstić information content (AvgIpc) is 2.52. The Morgan fingerprint density at radius 1 is 1.24 bits per heavy atom. The number of benzene rings is 1. The first-order valence-corrected chi connectivity index (χ1v) is 6.58. The molecule has 2 atom stereocenters. The van der Waals surface area contributed by atoms with Gasteiger partial charge in [-0.25, -0.2) is 0 Å². The molecular formula is C15H23NO. The lowest BCUT2D eigenvalue weighted by atomic mass is 9.83. The number of hydrogen-bond acceptors (Lipinski definition) is 2. The molecule has 2 rings (SSSR count). The molecule has 1 saturated carbocycles. The Balaban J connectivity index is 2.29. The number of rotatable bonds is 2. The van der Waals surface area contributed by atoms with Gasteiger partial charge in [0.1, 0.15) is 5.75 Å². The lowest BCUT2D eigenvalue weighted by Crippen LogP contribution is -2.36. The molecule has 2 N–H and O–H groups in total. The van der Waals surface area contributed by atoms with Crippen molar-refractivity contribution in [3.8, 4) is 5.75 Å². The third kappa shape index (κ3) is 2.63. The zero-order chi connectivity index (χ0) is 12.3. The van der Waals surface area contributed by atoms with E-state index in [0.717, 1.165) is 24.5 Å². The van der Waals surface area contributed by atoms with Crippen molar-refractivity contribution in [1.82, 2.24) is 0 Å². The molecule has 0 spiro atoms. The minimum atomic E-state index is -0.197. The van der Waals surface area contributed by atoms with Crippen molar-refractivity contribution in [2.45, 2.75) is 44.6 Å². The first kappa shape index (κ1) is 12.4. The van der Waals surface area contributed by atoms with Gasteiger partial charge in [-0.05, 0) is 31.2 Å². The van der Waals surface area contributed by atoms with Crippen molar-refractivity contribution in [2.24, 2.45) is 11.7 Å². The zero-order valence-corrected chi connectivity index (χ0v) is 10.9. The lowest BCUT2D eigenvalue weighted by molar-refractivity contribution is 0.345. The first-order chi connectivity index (χ1) is 8.15. The van der Waals surface area contributed by atoms with E-state index in [1.54, 1.807) is 7.11 Å². The molecule has 1 aromatic rings. The number of nitrogens with two attached hydrogens (primary N) is 1. The number of methoxy groups -OCH3 is 1. The number of hydrogen-bond donors (Lipinski definition) is 1. The Kier molecular flexibility index (Phi) is 3.72. The monoisotopic (exact) mass is 233 g/mol. The molecule has 0 heterocycles. The van der Waals surface area contributed by atoms with Crippen LogP contribution in [0.4, 0.5) is 0 Å². The molecule has 2 heteroatoms. The van der Waals surface area contributed by atoms with E-state index in [1.165, 1.54) is 24.8 Å². The van der Waals surface area contributed by atoms with Crippen molar-refractivity contribution in [3.63, 3.8) is 0 Å². The first-order valence-electron chi connectivity index (χ1n) is 6.58. The minimum absolute atomic E-state index is 0.197. The van der Waals surface area contributed by atoms with Gasteiger partial charge in [-0.15, -0.1) is 0 Å². The van der Waals surface area contributed by atoms with E-state index in [4.69, 9.17) is 10.5 Å². The van der Waals surface area contributed by atoms with E-state index in [1.807, 2.05) is 12.1 Å². The van der Waals surface area contributed by atoms with Gasteiger partial charge < -0.3 is 10.5 Å². The van der Waals surface area contributed by atoms with Crippen molar-refractivity contribution < 1.29 is 4.74 Å². The smallest absolute Gasteiger partial charge is 0.123 e. The van der Waals surface area contributed by atoms with Crippen LogP contribution in [0.15, 0.2) is 24.3 Å². The van der Waals surface area contributed by atoms with Crippen LogP contribution in [0.25, 0.3) is 0 Å². The number of ether oxygens (including phenoxy) is 1. The van der Waals surface area contributed by atoms with E-state index in [2.05, 4.69) is 19.1 Å². The summed E-state index contributed by atoms with van der Waals surface area (Å²) in [5.41, 5.74) is 7.62. The van der Waals surface area contributed by atoms with E-state index < -0.39 is 0 Å². The fourth-order valence-corrected chi connectivity index (χ4v) is 2.86.